The molecule has 2 rings (SSSR count). The van der Waals surface area contributed by atoms with Gasteiger partial charge in [-0.25, -0.2) is 0 Å². The van der Waals surface area contributed by atoms with Crippen LogP contribution in [0.5, 0.6) is 11.5 Å². The summed E-state index contributed by atoms with van der Waals surface area (Å²) in [6, 6.07) is 8.01. The molecule has 0 spiro atoms. The van der Waals surface area contributed by atoms with Crippen molar-refractivity contribution in [1.82, 2.24) is 0 Å². The molecule has 1 aromatic carbocycles. The third-order valence-electron chi connectivity index (χ3n) is 2.20. The van der Waals surface area contributed by atoms with Crippen molar-refractivity contribution >= 4 is 0 Å². The average molecular weight is 189 g/mol. The van der Waals surface area contributed by atoms with E-state index in [2.05, 4.69) is 6.07 Å². The smallest absolute Gasteiger partial charge is 0.231 e. The highest BCUT2D eigenvalue weighted by atomic mass is 16.7. The van der Waals surface area contributed by atoms with Crippen molar-refractivity contribution in [1.29, 1.82) is 5.26 Å². The standard InChI is InChI=1S/C11H11NO2/c1-8(6-12)4-9-2-3-10-11(5-9)14-7-13-10/h2-3,5,8H,4,7H2,1H3/t8-/m0/s1. The van der Waals surface area contributed by atoms with Gasteiger partial charge in [0.15, 0.2) is 11.5 Å². The quantitative estimate of drug-likeness (QED) is 0.715. The van der Waals surface area contributed by atoms with E-state index in [1.807, 2.05) is 25.1 Å². The van der Waals surface area contributed by atoms with E-state index in [-0.39, 0.29) is 5.92 Å². The second kappa shape index (κ2) is 3.59. The summed E-state index contributed by atoms with van der Waals surface area (Å²) in [7, 11) is 0. The molecular formula is C11H11NO2. The number of rotatable bonds is 2. The highest BCUT2D eigenvalue weighted by Gasteiger charge is 2.13. The first-order valence-electron chi connectivity index (χ1n) is 4.58. The molecule has 0 aromatic heterocycles. The fourth-order valence-corrected chi connectivity index (χ4v) is 1.47. The lowest BCUT2D eigenvalue weighted by molar-refractivity contribution is 0.174. The van der Waals surface area contributed by atoms with E-state index in [1.165, 1.54) is 0 Å². The molecule has 3 heteroatoms. The van der Waals surface area contributed by atoms with Gasteiger partial charge < -0.3 is 9.47 Å². The Bertz CT molecular complexity index is 381. The highest BCUT2D eigenvalue weighted by Crippen LogP contribution is 2.32. The zero-order chi connectivity index (χ0) is 9.97. The minimum absolute atomic E-state index is 0.0374. The van der Waals surface area contributed by atoms with Crippen molar-refractivity contribution < 1.29 is 9.47 Å². The second-order valence-electron chi connectivity index (χ2n) is 3.42. The summed E-state index contributed by atoms with van der Waals surface area (Å²) in [5.41, 5.74) is 1.11. The van der Waals surface area contributed by atoms with Crippen LogP contribution in [0.2, 0.25) is 0 Å². The number of hydrogen-bond acceptors (Lipinski definition) is 3. The monoisotopic (exact) mass is 189 g/mol. The van der Waals surface area contributed by atoms with Gasteiger partial charge in [0.1, 0.15) is 0 Å². The number of nitrogens with zero attached hydrogens (tertiary/aromatic N) is 1. The molecule has 0 N–H and O–H groups in total. The molecule has 0 bridgehead atoms. The van der Waals surface area contributed by atoms with E-state index in [1.54, 1.807) is 0 Å². The van der Waals surface area contributed by atoms with Crippen molar-refractivity contribution in [2.75, 3.05) is 6.79 Å². The molecule has 0 amide bonds. The maximum Gasteiger partial charge on any atom is 0.231 e. The lowest BCUT2D eigenvalue weighted by Crippen LogP contribution is -1.95. The van der Waals surface area contributed by atoms with Crippen LogP contribution in [0.25, 0.3) is 0 Å². The molecule has 14 heavy (non-hydrogen) atoms. The Labute approximate surface area is 82.9 Å². The molecule has 1 aromatic rings. The van der Waals surface area contributed by atoms with E-state index in [0.29, 0.717) is 6.79 Å². The van der Waals surface area contributed by atoms with Crippen LogP contribution in [0.1, 0.15) is 12.5 Å². The molecule has 1 heterocycles. The number of benzene rings is 1. The Kier molecular flexibility index (Phi) is 2.28. The third-order valence-corrected chi connectivity index (χ3v) is 2.20. The minimum Gasteiger partial charge on any atom is -0.454 e. The Morgan fingerprint density at radius 3 is 3.00 bits per heavy atom. The molecular weight excluding hydrogens is 178 g/mol. The third kappa shape index (κ3) is 1.64. The number of fused-ring (bicyclic) bond motifs is 1. The Hall–Kier alpha value is -1.69. The fourth-order valence-electron chi connectivity index (χ4n) is 1.47. The van der Waals surface area contributed by atoms with Crippen molar-refractivity contribution in [2.45, 2.75) is 13.3 Å². The van der Waals surface area contributed by atoms with Crippen molar-refractivity contribution in [3.05, 3.63) is 23.8 Å². The van der Waals surface area contributed by atoms with Gasteiger partial charge >= 0.3 is 0 Å². The molecule has 0 unspecified atom stereocenters. The van der Waals surface area contributed by atoms with Gasteiger partial charge in [0.25, 0.3) is 0 Å². The molecule has 0 saturated carbocycles. The number of hydrogen-bond donors (Lipinski definition) is 0. The minimum atomic E-state index is 0.0374. The van der Waals surface area contributed by atoms with Gasteiger partial charge in [0.05, 0.1) is 6.07 Å². The normalized spacial score (nSPS) is 14.9. The van der Waals surface area contributed by atoms with Crippen LogP contribution in [0.4, 0.5) is 0 Å². The van der Waals surface area contributed by atoms with Crippen molar-refractivity contribution in [3.63, 3.8) is 0 Å². The Balaban J connectivity index is 2.17. The van der Waals surface area contributed by atoms with E-state index in [9.17, 15) is 0 Å². The lowest BCUT2D eigenvalue weighted by atomic mass is 10.0. The van der Waals surface area contributed by atoms with E-state index >= 15 is 0 Å². The predicted molar refractivity (Wildman–Crippen MR) is 51.0 cm³/mol. The Morgan fingerprint density at radius 1 is 1.43 bits per heavy atom. The molecule has 72 valence electrons. The van der Waals surface area contributed by atoms with Gasteiger partial charge in [-0.15, -0.1) is 0 Å². The van der Waals surface area contributed by atoms with E-state index in [0.717, 1.165) is 23.5 Å². The van der Waals surface area contributed by atoms with Gasteiger partial charge in [0, 0.05) is 5.92 Å². The molecule has 1 aliphatic rings. The predicted octanol–water partition coefficient (Wildman–Crippen LogP) is 2.12. The zero-order valence-corrected chi connectivity index (χ0v) is 7.99. The summed E-state index contributed by atoms with van der Waals surface area (Å²) in [6.45, 7) is 2.21. The van der Waals surface area contributed by atoms with Gasteiger partial charge in [-0.2, -0.15) is 5.26 Å². The fraction of sp³-hybridized carbons (Fsp3) is 0.364. The molecule has 0 radical (unpaired) electrons. The summed E-state index contributed by atoms with van der Waals surface area (Å²) < 4.78 is 10.4. The van der Waals surface area contributed by atoms with Crippen LogP contribution < -0.4 is 9.47 Å². The van der Waals surface area contributed by atoms with Crippen molar-refractivity contribution in [3.8, 4) is 17.6 Å². The maximum atomic E-state index is 8.68. The maximum absolute atomic E-state index is 8.68. The van der Waals surface area contributed by atoms with Crippen LogP contribution in [0.3, 0.4) is 0 Å². The van der Waals surface area contributed by atoms with Gasteiger partial charge in [-0.05, 0) is 31.0 Å². The second-order valence-corrected chi connectivity index (χ2v) is 3.42. The molecule has 1 atom stereocenters. The van der Waals surface area contributed by atoms with Gasteiger partial charge in [0.2, 0.25) is 6.79 Å². The van der Waals surface area contributed by atoms with Gasteiger partial charge in [-0.1, -0.05) is 6.07 Å². The Morgan fingerprint density at radius 2 is 2.21 bits per heavy atom. The first-order valence-corrected chi connectivity index (χ1v) is 4.58. The average Bonchev–Trinajstić information content (AvgIpc) is 2.64. The van der Waals surface area contributed by atoms with Crippen molar-refractivity contribution in [2.24, 2.45) is 5.92 Å². The SMILES string of the molecule is C[C@H](C#N)Cc1ccc2c(c1)OCO2. The van der Waals surface area contributed by atoms with Crippen LogP contribution in [-0.4, -0.2) is 6.79 Å². The number of ether oxygens (including phenoxy) is 2. The first kappa shape index (κ1) is 8.89. The zero-order valence-electron chi connectivity index (χ0n) is 7.99. The van der Waals surface area contributed by atoms with Gasteiger partial charge in [-0.3, -0.25) is 0 Å². The number of nitriles is 1. The van der Waals surface area contributed by atoms with Crippen LogP contribution in [0, 0.1) is 17.2 Å². The lowest BCUT2D eigenvalue weighted by Gasteiger charge is -2.03. The molecule has 0 aliphatic carbocycles. The first-order chi connectivity index (χ1) is 6.79. The van der Waals surface area contributed by atoms with Crippen LogP contribution in [-0.2, 0) is 6.42 Å². The molecule has 3 nitrogen and oxygen atoms in total. The van der Waals surface area contributed by atoms with Crippen LogP contribution in [0.15, 0.2) is 18.2 Å². The summed E-state index contributed by atoms with van der Waals surface area (Å²) in [4.78, 5) is 0. The van der Waals surface area contributed by atoms with Crippen LogP contribution >= 0.6 is 0 Å². The highest BCUT2D eigenvalue weighted by molar-refractivity contribution is 5.44. The largest absolute Gasteiger partial charge is 0.454 e. The summed E-state index contributed by atoms with van der Waals surface area (Å²) in [5.74, 6) is 1.61. The summed E-state index contributed by atoms with van der Waals surface area (Å²) >= 11 is 0. The molecule has 0 saturated heterocycles. The summed E-state index contributed by atoms with van der Waals surface area (Å²) in [5, 5.41) is 8.68. The topological polar surface area (TPSA) is 42.2 Å². The molecule has 1 aliphatic heterocycles. The summed E-state index contributed by atoms with van der Waals surface area (Å²) in [6.07, 6.45) is 0.757. The molecule has 0 fully saturated rings. The van der Waals surface area contributed by atoms with E-state index < -0.39 is 0 Å². The van der Waals surface area contributed by atoms with E-state index in [4.69, 9.17) is 14.7 Å².